The van der Waals surface area contributed by atoms with Crippen molar-refractivity contribution in [2.24, 2.45) is 0 Å². The fourth-order valence-corrected chi connectivity index (χ4v) is 2.02. The van der Waals surface area contributed by atoms with Crippen LogP contribution < -0.4 is 5.32 Å². The Morgan fingerprint density at radius 1 is 1.26 bits per heavy atom. The number of aryl methyl sites for hydroxylation is 1. The van der Waals surface area contributed by atoms with Crippen LogP contribution in [-0.4, -0.2) is 28.3 Å². The molecule has 0 heterocycles. The Bertz CT molecular complexity index is 405. The number of hydrogen-bond acceptors (Lipinski definition) is 3. The Morgan fingerprint density at radius 3 is 2.42 bits per heavy atom. The van der Waals surface area contributed by atoms with Gasteiger partial charge in [-0.25, -0.2) is 0 Å². The van der Waals surface area contributed by atoms with Gasteiger partial charge in [-0.2, -0.15) is 0 Å². The number of aromatic hydroxyl groups is 1. The molecule has 19 heavy (non-hydrogen) atoms. The lowest BCUT2D eigenvalue weighted by Crippen LogP contribution is -2.50. The van der Waals surface area contributed by atoms with Gasteiger partial charge in [0.05, 0.1) is 12.1 Å². The maximum atomic E-state index is 11.9. The lowest BCUT2D eigenvalue weighted by atomic mass is 9.93. The minimum atomic E-state index is -0.518. The topological polar surface area (TPSA) is 69.6 Å². The van der Waals surface area contributed by atoms with Gasteiger partial charge in [-0.3, -0.25) is 4.79 Å². The van der Waals surface area contributed by atoms with E-state index in [-0.39, 0.29) is 18.3 Å². The molecular weight excluding hydrogens is 242 g/mol. The SMILES string of the molecule is CCC(CC)(CO)NC(=O)CCc1ccccc1O. The summed E-state index contributed by atoms with van der Waals surface area (Å²) in [5.74, 6) is 0.121. The number of aliphatic hydroxyl groups excluding tert-OH is 1. The minimum Gasteiger partial charge on any atom is -0.508 e. The van der Waals surface area contributed by atoms with Crippen LogP contribution in [0, 0.1) is 0 Å². The number of amides is 1. The van der Waals surface area contributed by atoms with Gasteiger partial charge in [-0.05, 0) is 30.9 Å². The highest BCUT2D eigenvalue weighted by Gasteiger charge is 2.26. The molecule has 1 rings (SSSR count). The van der Waals surface area contributed by atoms with Crippen LogP contribution in [0.5, 0.6) is 5.75 Å². The monoisotopic (exact) mass is 265 g/mol. The van der Waals surface area contributed by atoms with Crippen molar-refractivity contribution in [3.63, 3.8) is 0 Å². The summed E-state index contributed by atoms with van der Waals surface area (Å²) >= 11 is 0. The van der Waals surface area contributed by atoms with Crippen LogP contribution in [0.4, 0.5) is 0 Å². The van der Waals surface area contributed by atoms with E-state index in [1.165, 1.54) is 0 Å². The predicted octanol–water partition coefficient (Wildman–Crippen LogP) is 1.99. The van der Waals surface area contributed by atoms with Gasteiger partial charge < -0.3 is 15.5 Å². The van der Waals surface area contributed by atoms with Crippen molar-refractivity contribution in [3.8, 4) is 5.75 Å². The third kappa shape index (κ3) is 4.24. The summed E-state index contributed by atoms with van der Waals surface area (Å²) < 4.78 is 0. The highest BCUT2D eigenvalue weighted by atomic mass is 16.3. The van der Waals surface area contributed by atoms with Crippen molar-refractivity contribution in [3.05, 3.63) is 29.8 Å². The van der Waals surface area contributed by atoms with Gasteiger partial charge in [0.25, 0.3) is 0 Å². The minimum absolute atomic E-state index is 0.0532. The Labute approximate surface area is 114 Å². The maximum absolute atomic E-state index is 11.9. The number of rotatable bonds is 7. The average molecular weight is 265 g/mol. The maximum Gasteiger partial charge on any atom is 0.220 e. The Morgan fingerprint density at radius 2 is 1.89 bits per heavy atom. The molecule has 0 bridgehead atoms. The zero-order chi connectivity index (χ0) is 14.3. The fraction of sp³-hybridized carbons (Fsp3) is 0.533. The number of aliphatic hydroxyl groups is 1. The molecule has 0 saturated heterocycles. The van der Waals surface area contributed by atoms with E-state index >= 15 is 0 Å². The summed E-state index contributed by atoms with van der Waals surface area (Å²) in [5, 5.41) is 21.9. The molecule has 3 N–H and O–H groups in total. The second kappa shape index (κ2) is 7.14. The number of carbonyl (C=O) groups excluding carboxylic acids is 1. The molecule has 1 aromatic carbocycles. The molecule has 4 heteroatoms. The van der Waals surface area contributed by atoms with Gasteiger partial charge in [-0.1, -0.05) is 32.0 Å². The number of phenolic OH excluding ortho intramolecular Hbond substituents is 1. The normalized spacial score (nSPS) is 11.3. The van der Waals surface area contributed by atoms with Crippen LogP contribution in [0.2, 0.25) is 0 Å². The first kappa shape index (κ1) is 15.5. The van der Waals surface area contributed by atoms with Gasteiger partial charge in [0.15, 0.2) is 0 Å². The average Bonchev–Trinajstić information content (AvgIpc) is 2.44. The molecular formula is C15H23NO3. The number of phenols is 1. The van der Waals surface area contributed by atoms with Crippen molar-refractivity contribution >= 4 is 5.91 Å². The van der Waals surface area contributed by atoms with Crippen LogP contribution in [0.15, 0.2) is 24.3 Å². The van der Waals surface area contributed by atoms with Crippen LogP contribution in [0.25, 0.3) is 0 Å². The van der Waals surface area contributed by atoms with Crippen LogP contribution in [0.1, 0.15) is 38.7 Å². The number of para-hydroxylation sites is 1. The van der Waals surface area contributed by atoms with E-state index in [1.807, 2.05) is 26.0 Å². The molecule has 1 amide bonds. The largest absolute Gasteiger partial charge is 0.508 e. The number of benzene rings is 1. The van der Waals surface area contributed by atoms with Gasteiger partial charge in [0.2, 0.25) is 5.91 Å². The highest BCUT2D eigenvalue weighted by Crippen LogP contribution is 2.18. The zero-order valence-corrected chi connectivity index (χ0v) is 11.6. The second-order valence-electron chi connectivity index (χ2n) is 4.82. The van der Waals surface area contributed by atoms with E-state index in [2.05, 4.69) is 5.32 Å². The molecule has 0 radical (unpaired) electrons. The highest BCUT2D eigenvalue weighted by molar-refractivity contribution is 5.77. The molecule has 0 aliphatic carbocycles. The van der Waals surface area contributed by atoms with Crippen molar-refractivity contribution in [2.75, 3.05) is 6.61 Å². The Kier molecular flexibility index (Phi) is 5.83. The van der Waals surface area contributed by atoms with Gasteiger partial charge in [-0.15, -0.1) is 0 Å². The standard InChI is InChI=1S/C15H23NO3/c1-3-15(4-2,11-17)16-14(19)10-9-12-7-5-6-8-13(12)18/h5-8,17-18H,3-4,9-11H2,1-2H3,(H,16,19). The van der Waals surface area contributed by atoms with Gasteiger partial charge >= 0.3 is 0 Å². The van der Waals surface area contributed by atoms with Crippen LogP contribution >= 0.6 is 0 Å². The Balaban J connectivity index is 2.54. The second-order valence-corrected chi connectivity index (χ2v) is 4.82. The van der Waals surface area contributed by atoms with E-state index < -0.39 is 5.54 Å². The summed E-state index contributed by atoms with van der Waals surface area (Å²) in [4.78, 5) is 11.9. The summed E-state index contributed by atoms with van der Waals surface area (Å²) in [6, 6.07) is 7.01. The van der Waals surface area contributed by atoms with Crippen molar-refractivity contribution in [1.29, 1.82) is 0 Å². The predicted molar refractivity (Wildman–Crippen MR) is 75.0 cm³/mol. The summed E-state index contributed by atoms with van der Waals surface area (Å²) in [6.45, 7) is 3.84. The van der Waals surface area contributed by atoms with E-state index in [1.54, 1.807) is 12.1 Å². The smallest absolute Gasteiger partial charge is 0.220 e. The van der Waals surface area contributed by atoms with Crippen molar-refractivity contribution in [1.82, 2.24) is 5.32 Å². The number of nitrogens with one attached hydrogen (secondary N) is 1. The molecule has 0 saturated carbocycles. The summed E-state index contributed by atoms with van der Waals surface area (Å²) in [5.41, 5.74) is 0.246. The van der Waals surface area contributed by atoms with Crippen LogP contribution in [-0.2, 0) is 11.2 Å². The molecule has 106 valence electrons. The summed E-state index contributed by atoms with van der Waals surface area (Å²) in [6.07, 6.45) is 2.19. The van der Waals surface area contributed by atoms with Gasteiger partial charge in [0.1, 0.15) is 5.75 Å². The fourth-order valence-electron chi connectivity index (χ4n) is 2.02. The molecule has 0 spiro atoms. The first-order valence-electron chi connectivity index (χ1n) is 6.75. The lowest BCUT2D eigenvalue weighted by Gasteiger charge is -2.30. The zero-order valence-electron chi connectivity index (χ0n) is 11.6. The quantitative estimate of drug-likeness (QED) is 0.706. The number of carbonyl (C=O) groups is 1. The third-order valence-corrected chi connectivity index (χ3v) is 3.67. The number of hydrogen-bond donors (Lipinski definition) is 3. The Hall–Kier alpha value is -1.55. The lowest BCUT2D eigenvalue weighted by molar-refractivity contribution is -0.123. The van der Waals surface area contributed by atoms with E-state index in [0.29, 0.717) is 25.7 Å². The van der Waals surface area contributed by atoms with E-state index in [0.717, 1.165) is 5.56 Å². The van der Waals surface area contributed by atoms with Crippen LogP contribution in [0.3, 0.4) is 0 Å². The van der Waals surface area contributed by atoms with Crippen molar-refractivity contribution in [2.45, 2.75) is 45.1 Å². The molecule has 1 aromatic rings. The molecule has 0 unspecified atom stereocenters. The van der Waals surface area contributed by atoms with Gasteiger partial charge in [0, 0.05) is 6.42 Å². The van der Waals surface area contributed by atoms with E-state index in [4.69, 9.17) is 0 Å². The first-order chi connectivity index (χ1) is 9.06. The molecule has 0 aliphatic heterocycles. The molecule has 0 atom stereocenters. The van der Waals surface area contributed by atoms with Crippen molar-refractivity contribution < 1.29 is 15.0 Å². The van der Waals surface area contributed by atoms with E-state index in [9.17, 15) is 15.0 Å². The summed E-state index contributed by atoms with van der Waals surface area (Å²) in [7, 11) is 0. The molecule has 0 aromatic heterocycles. The molecule has 4 nitrogen and oxygen atoms in total. The molecule has 0 fully saturated rings. The first-order valence-corrected chi connectivity index (χ1v) is 6.75. The molecule has 0 aliphatic rings. The third-order valence-electron chi connectivity index (χ3n) is 3.67.